The molecular formula is C17H19F3N6O2. The standard InChI is InChI=1S/C17H19F3N6O2/c1-3-26-15(17(18,19)20)14(10(2)24-26)16(28)21-11-6-7-13-23-22-12(5-4-8-27)25(13)9-11/h6-7,9,27H,3-5,8H2,1-2H3,(H,21,28). The van der Waals surface area contributed by atoms with Gasteiger partial charge in [0, 0.05) is 25.8 Å². The van der Waals surface area contributed by atoms with Crippen LogP contribution < -0.4 is 5.32 Å². The predicted octanol–water partition coefficient (Wildman–Crippen LogP) is 2.45. The average Bonchev–Trinajstić information content (AvgIpc) is 3.19. The summed E-state index contributed by atoms with van der Waals surface area (Å²) in [6.07, 6.45) is -2.22. The lowest BCUT2D eigenvalue weighted by Gasteiger charge is -2.12. The van der Waals surface area contributed by atoms with E-state index < -0.39 is 23.3 Å². The fourth-order valence-corrected chi connectivity index (χ4v) is 2.98. The lowest BCUT2D eigenvalue weighted by atomic mass is 10.1. The molecule has 0 bridgehead atoms. The van der Waals surface area contributed by atoms with Crippen molar-refractivity contribution in [2.75, 3.05) is 11.9 Å². The number of hydrogen-bond acceptors (Lipinski definition) is 5. The molecule has 3 aromatic heterocycles. The number of rotatable bonds is 6. The molecule has 3 aromatic rings. The van der Waals surface area contributed by atoms with Crippen molar-refractivity contribution in [3.05, 3.63) is 41.1 Å². The molecule has 0 unspecified atom stereocenters. The minimum atomic E-state index is -4.71. The van der Waals surface area contributed by atoms with Gasteiger partial charge in [-0.3, -0.25) is 13.9 Å². The number of amides is 1. The summed E-state index contributed by atoms with van der Waals surface area (Å²) < 4.78 is 42.8. The van der Waals surface area contributed by atoms with Crippen LogP contribution in [0.15, 0.2) is 18.3 Å². The molecule has 0 saturated heterocycles. The van der Waals surface area contributed by atoms with Crippen LogP contribution in [0.3, 0.4) is 0 Å². The number of carbonyl (C=O) groups is 1. The number of alkyl halides is 3. The number of pyridine rings is 1. The third kappa shape index (κ3) is 3.70. The average molecular weight is 396 g/mol. The van der Waals surface area contributed by atoms with Crippen LogP contribution in [-0.2, 0) is 19.1 Å². The fourth-order valence-electron chi connectivity index (χ4n) is 2.98. The van der Waals surface area contributed by atoms with Crippen molar-refractivity contribution in [1.82, 2.24) is 24.4 Å². The summed E-state index contributed by atoms with van der Waals surface area (Å²) in [4.78, 5) is 12.6. The fraction of sp³-hybridized carbons (Fsp3) is 0.412. The molecule has 0 aliphatic carbocycles. The molecule has 11 heteroatoms. The lowest BCUT2D eigenvalue weighted by Crippen LogP contribution is -2.21. The second-order valence-electron chi connectivity index (χ2n) is 6.17. The Bertz CT molecular complexity index is 1010. The van der Waals surface area contributed by atoms with Crippen LogP contribution in [0.2, 0.25) is 0 Å². The molecule has 0 saturated carbocycles. The lowest BCUT2D eigenvalue weighted by molar-refractivity contribution is -0.144. The van der Waals surface area contributed by atoms with Gasteiger partial charge in [0.2, 0.25) is 0 Å². The maximum Gasteiger partial charge on any atom is 0.433 e. The van der Waals surface area contributed by atoms with E-state index in [-0.39, 0.29) is 18.8 Å². The molecular weight excluding hydrogens is 377 g/mol. The second kappa shape index (κ2) is 7.58. The molecule has 0 aliphatic rings. The normalized spacial score (nSPS) is 11.9. The van der Waals surface area contributed by atoms with Crippen LogP contribution >= 0.6 is 0 Å². The van der Waals surface area contributed by atoms with E-state index >= 15 is 0 Å². The van der Waals surface area contributed by atoms with Crippen LogP contribution in [0, 0.1) is 6.92 Å². The Morgan fingerprint density at radius 2 is 2.04 bits per heavy atom. The maximum absolute atomic E-state index is 13.5. The van der Waals surface area contributed by atoms with Crippen LogP contribution in [0.4, 0.5) is 18.9 Å². The number of aryl methyl sites for hydroxylation is 3. The van der Waals surface area contributed by atoms with Crippen molar-refractivity contribution in [2.45, 2.75) is 39.4 Å². The number of nitrogens with one attached hydrogen (secondary N) is 1. The number of aliphatic hydroxyl groups excluding tert-OH is 1. The molecule has 0 fully saturated rings. The Morgan fingerprint density at radius 3 is 2.68 bits per heavy atom. The molecule has 0 aliphatic heterocycles. The van der Waals surface area contributed by atoms with Gasteiger partial charge in [-0.05, 0) is 32.4 Å². The minimum absolute atomic E-state index is 0.000635. The topological polar surface area (TPSA) is 97.3 Å². The van der Waals surface area contributed by atoms with Crippen molar-refractivity contribution < 1.29 is 23.1 Å². The molecule has 28 heavy (non-hydrogen) atoms. The van der Waals surface area contributed by atoms with Crippen molar-refractivity contribution in [2.24, 2.45) is 0 Å². The summed E-state index contributed by atoms with van der Waals surface area (Å²) in [5.74, 6) is -0.319. The molecule has 1 amide bonds. The Hall–Kier alpha value is -2.95. The molecule has 0 atom stereocenters. The number of aromatic nitrogens is 5. The maximum atomic E-state index is 13.5. The van der Waals surface area contributed by atoms with E-state index in [1.165, 1.54) is 26.1 Å². The molecule has 2 N–H and O–H groups in total. The van der Waals surface area contributed by atoms with Gasteiger partial charge in [-0.1, -0.05) is 0 Å². The molecule has 3 rings (SSSR count). The zero-order valence-electron chi connectivity index (χ0n) is 15.3. The summed E-state index contributed by atoms with van der Waals surface area (Å²) in [6, 6.07) is 3.13. The van der Waals surface area contributed by atoms with Crippen molar-refractivity contribution in [3.8, 4) is 0 Å². The van der Waals surface area contributed by atoms with E-state index in [2.05, 4.69) is 20.6 Å². The highest BCUT2D eigenvalue weighted by Crippen LogP contribution is 2.34. The zero-order chi connectivity index (χ0) is 20.5. The van der Waals surface area contributed by atoms with Crippen molar-refractivity contribution in [3.63, 3.8) is 0 Å². The van der Waals surface area contributed by atoms with Crippen LogP contribution in [-0.4, -0.2) is 42.0 Å². The zero-order valence-corrected chi connectivity index (χ0v) is 15.3. The Balaban J connectivity index is 1.94. The summed E-state index contributed by atoms with van der Waals surface area (Å²) in [5, 5.41) is 23.3. The summed E-state index contributed by atoms with van der Waals surface area (Å²) in [5.41, 5.74) is -0.755. The third-order valence-electron chi connectivity index (χ3n) is 4.21. The van der Waals surface area contributed by atoms with Crippen LogP contribution in [0.5, 0.6) is 0 Å². The molecule has 8 nitrogen and oxygen atoms in total. The number of anilines is 1. The molecule has 0 aromatic carbocycles. The monoisotopic (exact) mass is 396 g/mol. The van der Waals surface area contributed by atoms with Gasteiger partial charge in [0.25, 0.3) is 5.91 Å². The van der Waals surface area contributed by atoms with E-state index in [0.717, 1.165) is 4.68 Å². The van der Waals surface area contributed by atoms with E-state index in [1.807, 2.05) is 0 Å². The molecule has 3 heterocycles. The van der Waals surface area contributed by atoms with Crippen LogP contribution in [0.25, 0.3) is 5.65 Å². The second-order valence-corrected chi connectivity index (χ2v) is 6.17. The Labute approximate surface area is 158 Å². The first-order valence-corrected chi connectivity index (χ1v) is 8.66. The molecule has 0 radical (unpaired) electrons. The first-order valence-electron chi connectivity index (χ1n) is 8.66. The van der Waals surface area contributed by atoms with Gasteiger partial charge in [0.1, 0.15) is 5.82 Å². The molecule has 150 valence electrons. The van der Waals surface area contributed by atoms with Gasteiger partial charge in [-0.15, -0.1) is 10.2 Å². The van der Waals surface area contributed by atoms with E-state index in [0.29, 0.717) is 30.0 Å². The third-order valence-corrected chi connectivity index (χ3v) is 4.21. The van der Waals surface area contributed by atoms with Gasteiger partial charge < -0.3 is 10.4 Å². The number of aliphatic hydroxyl groups is 1. The number of carbonyl (C=O) groups excluding carboxylic acids is 1. The summed E-state index contributed by atoms with van der Waals surface area (Å²) in [7, 11) is 0. The quantitative estimate of drug-likeness (QED) is 0.667. The van der Waals surface area contributed by atoms with E-state index in [1.54, 1.807) is 10.5 Å². The Morgan fingerprint density at radius 1 is 1.29 bits per heavy atom. The number of halogens is 3. The number of fused-ring (bicyclic) bond motifs is 1. The highest BCUT2D eigenvalue weighted by molar-refractivity contribution is 6.06. The first-order chi connectivity index (χ1) is 13.3. The summed E-state index contributed by atoms with van der Waals surface area (Å²) in [6.45, 7) is 2.87. The first kappa shape index (κ1) is 19.8. The highest BCUT2D eigenvalue weighted by Gasteiger charge is 2.41. The van der Waals surface area contributed by atoms with Gasteiger partial charge in [0.05, 0.1) is 16.9 Å². The highest BCUT2D eigenvalue weighted by atomic mass is 19.4. The van der Waals surface area contributed by atoms with Gasteiger partial charge in [0.15, 0.2) is 11.3 Å². The van der Waals surface area contributed by atoms with E-state index in [9.17, 15) is 18.0 Å². The van der Waals surface area contributed by atoms with Gasteiger partial charge in [-0.2, -0.15) is 18.3 Å². The van der Waals surface area contributed by atoms with Crippen molar-refractivity contribution >= 4 is 17.2 Å². The largest absolute Gasteiger partial charge is 0.433 e. The smallest absolute Gasteiger partial charge is 0.396 e. The van der Waals surface area contributed by atoms with Gasteiger partial charge >= 0.3 is 6.18 Å². The Kier molecular flexibility index (Phi) is 5.36. The van der Waals surface area contributed by atoms with Crippen LogP contribution in [0.1, 0.15) is 40.9 Å². The van der Waals surface area contributed by atoms with E-state index in [4.69, 9.17) is 5.11 Å². The van der Waals surface area contributed by atoms with Gasteiger partial charge in [-0.25, -0.2) is 0 Å². The number of hydrogen-bond donors (Lipinski definition) is 2. The summed E-state index contributed by atoms with van der Waals surface area (Å²) >= 11 is 0. The SMILES string of the molecule is CCn1nc(C)c(C(=O)Nc2ccc3nnc(CCCO)n3c2)c1C(F)(F)F. The minimum Gasteiger partial charge on any atom is -0.396 e. The van der Waals surface area contributed by atoms with Crippen molar-refractivity contribution in [1.29, 1.82) is 0 Å². The predicted molar refractivity (Wildman–Crippen MR) is 94.0 cm³/mol. The number of nitrogens with zero attached hydrogens (tertiary/aromatic N) is 5. The molecule has 0 spiro atoms.